The van der Waals surface area contributed by atoms with Gasteiger partial charge in [-0.3, -0.25) is 0 Å². The molecular weight excluding hydrogens is 374 g/mol. The van der Waals surface area contributed by atoms with Crippen molar-refractivity contribution in [2.24, 2.45) is 0 Å². The van der Waals surface area contributed by atoms with Crippen molar-refractivity contribution in [2.45, 2.75) is 29.1 Å². The third-order valence-corrected chi connectivity index (χ3v) is 4.42. The minimum absolute atomic E-state index is 0.468. The van der Waals surface area contributed by atoms with E-state index in [0.29, 0.717) is 0 Å². The molecule has 0 aliphatic carbocycles. The molecule has 0 spiro atoms. The van der Waals surface area contributed by atoms with Crippen molar-refractivity contribution in [3.05, 3.63) is 0 Å². The molecule has 1 aliphatic heterocycles. The first-order valence-corrected chi connectivity index (χ1v) is 5.63. The number of aliphatic hydroxyl groups excluding tert-OH is 4. The van der Waals surface area contributed by atoms with Gasteiger partial charge in [0.05, 0.1) is 0 Å². The molecule has 0 bridgehead atoms. The fourth-order valence-electron chi connectivity index (χ4n) is 1.19. The Labute approximate surface area is 103 Å². The predicted molar refractivity (Wildman–Crippen MR) is 55.0 cm³/mol. The Morgan fingerprint density at radius 1 is 1.36 bits per heavy atom. The second-order valence-corrected chi connectivity index (χ2v) is 4.72. The molecule has 1 aliphatic rings. The van der Waals surface area contributed by atoms with Crippen molar-refractivity contribution in [1.29, 1.82) is 0 Å². The molecule has 1 saturated heterocycles. The quantitative estimate of drug-likeness (QED) is 0.307. The molecule has 0 amide bonds. The van der Waals surface area contributed by atoms with Crippen LogP contribution in [0.15, 0.2) is 0 Å². The van der Waals surface area contributed by atoms with E-state index in [2.05, 4.69) is 0 Å². The van der Waals surface area contributed by atoms with E-state index in [4.69, 9.17) is 12.9 Å². The molecule has 0 aromatic carbocycles. The Kier molecular flexibility index (Phi) is 4.57. The van der Waals surface area contributed by atoms with Gasteiger partial charge in [-0.15, -0.1) is 0 Å². The number of rotatable bonds is 2. The van der Waals surface area contributed by atoms with Gasteiger partial charge in [0, 0.05) is 0 Å². The van der Waals surface area contributed by atoms with Crippen LogP contribution < -0.4 is 0 Å². The van der Waals surface area contributed by atoms with Crippen molar-refractivity contribution >= 4 is 39.0 Å². The number of aliphatic hydroxyl groups is 4. The maximum absolute atomic E-state index is 9.52. The standard InChI is InChI=1S/C6H11IO6Se/c7-13-6(14)5(11)4(10)3(9)2(1-8)12-6/h2-5,8-11,14H,1H2/t2-,3-,4+,5-,6+/m1/s1. The van der Waals surface area contributed by atoms with Gasteiger partial charge in [0.25, 0.3) is 0 Å². The van der Waals surface area contributed by atoms with E-state index in [-0.39, 0.29) is 0 Å². The zero-order valence-electron chi connectivity index (χ0n) is 6.95. The van der Waals surface area contributed by atoms with Crippen LogP contribution in [0.3, 0.4) is 0 Å². The monoisotopic (exact) mass is 386 g/mol. The fourth-order valence-corrected chi connectivity index (χ4v) is 2.16. The normalized spacial score (nSPS) is 49.3. The van der Waals surface area contributed by atoms with Gasteiger partial charge < -0.3 is 0 Å². The van der Waals surface area contributed by atoms with Gasteiger partial charge >= 0.3 is 103 Å². The molecule has 0 aromatic heterocycles. The summed E-state index contributed by atoms with van der Waals surface area (Å²) < 4.78 is 8.44. The van der Waals surface area contributed by atoms with Gasteiger partial charge in [0.15, 0.2) is 0 Å². The van der Waals surface area contributed by atoms with E-state index < -0.39 is 35.7 Å². The third kappa shape index (κ3) is 2.23. The van der Waals surface area contributed by atoms with Crippen LogP contribution in [0.25, 0.3) is 0 Å². The number of halogens is 1. The summed E-state index contributed by atoms with van der Waals surface area (Å²) >= 11 is 3.43. The van der Waals surface area contributed by atoms with Crippen molar-refractivity contribution < 1.29 is 28.2 Å². The molecular formula is C6H11IO6Se. The van der Waals surface area contributed by atoms with E-state index in [1.165, 1.54) is 23.0 Å². The molecule has 0 saturated carbocycles. The number of ether oxygens (including phenoxy) is 1. The van der Waals surface area contributed by atoms with Crippen LogP contribution in [0.4, 0.5) is 0 Å². The van der Waals surface area contributed by atoms with Crippen LogP contribution in [0.1, 0.15) is 0 Å². The Hall–Kier alpha value is 1.01. The van der Waals surface area contributed by atoms with E-state index in [9.17, 15) is 15.3 Å². The van der Waals surface area contributed by atoms with E-state index in [1.54, 1.807) is 0 Å². The van der Waals surface area contributed by atoms with E-state index >= 15 is 0 Å². The van der Waals surface area contributed by atoms with Gasteiger partial charge in [0.2, 0.25) is 0 Å². The Morgan fingerprint density at radius 3 is 2.36 bits per heavy atom. The molecule has 5 atom stereocenters. The topological polar surface area (TPSA) is 99.4 Å². The summed E-state index contributed by atoms with van der Waals surface area (Å²) in [5, 5.41) is 37.2. The molecule has 6 nitrogen and oxygen atoms in total. The van der Waals surface area contributed by atoms with Crippen molar-refractivity contribution in [1.82, 2.24) is 0 Å². The van der Waals surface area contributed by atoms with Crippen LogP contribution in [0.2, 0.25) is 0 Å². The second kappa shape index (κ2) is 4.89. The van der Waals surface area contributed by atoms with Gasteiger partial charge in [0.1, 0.15) is 0 Å². The SMILES string of the molecule is OC[C@H]1O[C@]([SeH])(OI)[C@H](O)[C@@H](O)[C@@H]1O. The number of hydrogen-bond acceptors (Lipinski definition) is 6. The van der Waals surface area contributed by atoms with Gasteiger partial charge in [-0.25, -0.2) is 0 Å². The molecule has 0 radical (unpaired) electrons. The van der Waals surface area contributed by atoms with Gasteiger partial charge in [-0.1, -0.05) is 0 Å². The summed E-state index contributed by atoms with van der Waals surface area (Å²) in [6.45, 7) is -0.468. The third-order valence-electron chi connectivity index (χ3n) is 2.04. The summed E-state index contributed by atoms with van der Waals surface area (Å²) in [6.07, 6.45) is -5.12. The molecule has 0 unspecified atom stereocenters. The number of hydrogen-bond donors (Lipinski definition) is 4. The first-order valence-electron chi connectivity index (χ1n) is 3.81. The average molecular weight is 385 g/mol. The summed E-state index contributed by atoms with van der Waals surface area (Å²) in [5.41, 5.74) is 0. The molecule has 1 rings (SSSR count). The van der Waals surface area contributed by atoms with Crippen LogP contribution in [0.5, 0.6) is 0 Å². The second-order valence-electron chi connectivity index (χ2n) is 2.97. The van der Waals surface area contributed by atoms with Crippen LogP contribution >= 0.6 is 23.0 Å². The van der Waals surface area contributed by atoms with Crippen molar-refractivity contribution in [2.75, 3.05) is 6.61 Å². The fraction of sp³-hybridized carbons (Fsp3) is 1.00. The summed E-state index contributed by atoms with van der Waals surface area (Å²) in [7, 11) is 0. The molecule has 14 heavy (non-hydrogen) atoms. The Bertz CT molecular complexity index is 205. The Balaban J connectivity index is 2.84. The molecule has 8 heteroatoms. The van der Waals surface area contributed by atoms with E-state index in [1.807, 2.05) is 16.0 Å². The van der Waals surface area contributed by atoms with Crippen LogP contribution in [0, 0.1) is 0 Å². The van der Waals surface area contributed by atoms with Crippen LogP contribution in [-0.4, -0.2) is 72.1 Å². The predicted octanol–water partition coefficient (Wildman–Crippen LogP) is -2.62. The molecule has 1 heterocycles. The van der Waals surface area contributed by atoms with Crippen molar-refractivity contribution in [3.8, 4) is 0 Å². The zero-order chi connectivity index (χ0) is 10.9. The molecule has 84 valence electrons. The minimum atomic E-state index is -1.49. The first-order chi connectivity index (χ1) is 6.46. The van der Waals surface area contributed by atoms with Gasteiger partial charge in [-0.05, 0) is 0 Å². The van der Waals surface area contributed by atoms with E-state index in [0.717, 1.165) is 0 Å². The molecule has 0 aromatic rings. The summed E-state index contributed by atoms with van der Waals surface area (Å²) in [4.78, 5) is 0. The van der Waals surface area contributed by atoms with Gasteiger partial charge in [-0.2, -0.15) is 0 Å². The molecule has 1 fully saturated rings. The summed E-state index contributed by atoms with van der Waals surface area (Å²) in [6, 6.07) is 0. The van der Waals surface area contributed by atoms with Crippen LogP contribution in [-0.2, 0) is 7.80 Å². The average Bonchev–Trinajstić information content (AvgIpc) is 2.20. The molecule has 4 N–H and O–H groups in total. The first kappa shape index (κ1) is 13.1. The zero-order valence-corrected chi connectivity index (χ0v) is 11.0. The maximum atomic E-state index is 9.52. The Morgan fingerprint density at radius 2 is 1.93 bits per heavy atom. The summed E-state index contributed by atoms with van der Waals surface area (Å²) in [5.74, 6) is 0. The van der Waals surface area contributed by atoms with Crippen molar-refractivity contribution in [3.63, 3.8) is 0 Å².